The van der Waals surface area contributed by atoms with Gasteiger partial charge in [0.1, 0.15) is 6.07 Å². The second-order valence-corrected chi connectivity index (χ2v) is 4.46. The van der Waals surface area contributed by atoms with Crippen LogP contribution in [0, 0.1) is 11.3 Å². The molecule has 0 radical (unpaired) electrons. The Balaban J connectivity index is 2.24. The molecular weight excluding hydrogens is 200 g/mol. The Labute approximate surface area is 96.0 Å². The minimum absolute atomic E-state index is 0.0764. The molecule has 0 spiro atoms. The first-order chi connectivity index (χ1) is 7.65. The summed E-state index contributed by atoms with van der Waals surface area (Å²) in [5, 5.41) is 12.5. The van der Waals surface area contributed by atoms with Crippen LogP contribution in [-0.2, 0) is 4.74 Å². The van der Waals surface area contributed by atoms with Crippen molar-refractivity contribution in [2.45, 2.75) is 31.9 Å². The number of benzene rings is 1. The summed E-state index contributed by atoms with van der Waals surface area (Å²) in [4.78, 5) is 0. The Bertz CT molecular complexity index is 424. The first kappa shape index (κ1) is 11.0. The summed E-state index contributed by atoms with van der Waals surface area (Å²) in [5.74, 6) is 0. The summed E-state index contributed by atoms with van der Waals surface area (Å²) in [5.41, 5.74) is 1.50. The quantitative estimate of drug-likeness (QED) is 0.826. The van der Waals surface area contributed by atoms with E-state index in [1.54, 1.807) is 0 Å². The van der Waals surface area contributed by atoms with Gasteiger partial charge in [0.15, 0.2) is 0 Å². The lowest BCUT2D eigenvalue weighted by Gasteiger charge is -2.30. The summed E-state index contributed by atoms with van der Waals surface area (Å²) in [7, 11) is 0. The number of rotatable bonds is 2. The van der Waals surface area contributed by atoms with Gasteiger partial charge >= 0.3 is 0 Å². The van der Waals surface area contributed by atoms with E-state index in [1.165, 1.54) is 0 Å². The molecule has 1 heterocycles. The maximum atomic E-state index is 9.02. The molecule has 3 heteroatoms. The van der Waals surface area contributed by atoms with Crippen LogP contribution in [0.4, 0.5) is 5.69 Å². The van der Waals surface area contributed by atoms with E-state index >= 15 is 0 Å². The SMILES string of the molecule is CC1OCCC1(C)Nc1ccccc1C#N. The zero-order valence-electron chi connectivity index (χ0n) is 9.66. The molecule has 0 saturated carbocycles. The van der Waals surface area contributed by atoms with E-state index in [2.05, 4.69) is 25.2 Å². The highest BCUT2D eigenvalue weighted by Crippen LogP contribution is 2.30. The van der Waals surface area contributed by atoms with Crippen LogP contribution in [0.25, 0.3) is 0 Å². The lowest BCUT2D eigenvalue weighted by Crippen LogP contribution is -2.41. The van der Waals surface area contributed by atoms with E-state index in [4.69, 9.17) is 10.00 Å². The molecule has 2 rings (SSSR count). The summed E-state index contributed by atoms with van der Waals surface area (Å²) in [6.45, 7) is 4.98. The molecule has 2 atom stereocenters. The van der Waals surface area contributed by atoms with Crippen LogP contribution in [-0.4, -0.2) is 18.2 Å². The van der Waals surface area contributed by atoms with Crippen LogP contribution in [0.3, 0.4) is 0 Å². The highest BCUT2D eigenvalue weighted by atomic mass is 16.5. The normalized spacial score (nSPS) is 28.7. The van der Waals surface area contributed by atoms with E-state index in [0.29, 0.717) is 5.56 Å². The molecule has 1 N–H and O–H groups in total. The van der Waals surface area contributed by atoms with Crippen molar-refractivity contribution < 1.29 is 4.74 Å². The number of anilines is 1. The maximum absolute atomic E-state index is 9.02. The molecule has 3 nitrogen and oxygen atoms in total. The monoisotopic (exact) mass is 216 g/mol. The Hall–Kier alpha value is -1.53. The largest absolute Gasteiger partial charge is 0.376 e. The molecule has 0 amide bonds. The fourth-order valence-electron chi connectivity index (χ4n) is 2.00. The van der Waals surface area contributed by atoms with Crippen molar-refractivity contribution in [1.29, 1.82) is 5.26 Å². The smallest absolute Gasteiger partial charge is 0.101 e. The van der Waals surface area contributed by atoms with Crippen molar-refractivity contribution in [3.05, 3.63) is 29.8 Å². The number of hydrogen-bond donors (Lipinski definition) is 1. The van der Waals surface area contributed by atoms with Gasteiger partial charge in [-0.1, -0.05) is 12.1 Å². The van der Waals surface area contributed by atoms with Gasteiger partial charge in [-0.2, -0.15) is 5.26 Å². The van der Waals surface area contributed by atoms with Crippen LogP contribution in [0.1, 0.15) is 25.8 Å². The topological polar surface area (TPSA) is 45.0 Å². The second kappa shape index (κ2) is 4.15. The number of para-hydroxylation sites is 1. The number of nitrogens with zero attached hydrogens (tertiary/aromatic N) is 1. The Morgan fingerprint density at radius 1 is 1.50 bits per heavy atom. The standard InChI is InChI=1S/C13H16N2O/c1-10-13(2,7-8-16-10)15-12-6-4-3-5-11(12)9-14/h3-6,10,15H,7-8H2,1-2H3. The first-order valence-corrected chi connectivity index (χ1v) is 5.54. The summed E-state index contributed by atoms with van der Waals surface area (Å²) >= 11 is 0. The second-order valence-electron chi connectivity index (χ2n) is 4.46. The van der Waals surface area contributed by atoms with Gasteiger partial charge in [-0.25, -0.2) is 0 Å². The number of hydrogen-bond acceptors (Lipinski definition) is 3. The number of nitrogens with one attached hydrogen (secondary N) is 1. The van der Waals surface area contributed by atoms with Crippen LogP contribution in [0.2, 0.25) is 0 Å². The molecule has 0 aromatic heterocycles. The molecule has 1 aliphatic rings. The van der Waals surface area contributed by atoms with Crippen molar-refractivity contribution >= 4 is 5.69 Å². The maximum Gasteiger partial charge on any atom is 0.101 e. The average Bonchev–Trinajstić information content (AvgIpc) is 2.60. The molecule has 1 saturated heterocycles. The fourth-order valence-corrected chi connectivity index (χ4v) is 2.00. The van der Waals surface area contributed by atoms with E-state index in [-0.39, 0.29) is 11.6 Å². The van der Waals surface area contributed by atoms with Crippen molar-refractivity contribution in [3.63, 3.8) is 0 Å². The van der Waals surface area contributed by atoms with E-state index in [1.807, 2.05) is 24.3 Å². The first-order valence-electron chi connectivity index (χ1n) is 5.54. The summed E-state index contributed by atoms with van der Waals surface area (Å²) < 4.78 is 5.57. The molecule has 16 heavy (non-hydrogen) atoms. The van der Waals surface area contributed by atoms with Gasteiger partial charge in [-0.3, -0.25) is 0 Å². The Morgan fingerprint density at radius 2 is 2.25 bits per heavy atom. The molecule has 0 bridgehead atoms. The highest BCUT2D eigenvalue weighted by Gasteiger charge is 2.37. The lowest BCUT2D eigenvalue weighted by atomic mass is 9.94. The van der Waals surface area contributed by atoms with Gasteiger partial charge in [-0.15, -0.1) is 0 Å². The van der Waals surface area contributed by atoms with Crippen LogP contribution < -0.4 is 5.32 Å². The number of ether oxygens (including phenoxy) is 1. The van der Waals surface area contributed by atoms with Gasteiger partial charge in [0.25, 0.3) is 0 Å². The van der Waals surface area contributed by atoms with Gasteiger partial charge in [0.05, 0.1) is 22.9 Å². The molecule has 1 aromatic carbocycles. The fraction of sp³-hybridized carbons (Fsp3) is 0.462. The third-order valence-corrected chi connectivity index (χ3v) is 3.35. The molecular formula is C13H16N2O. The minimum Gasteiger partial charge on any atom is -0.376 e. The van der Waals surface area contributed by atoms with Gasteiger partial charge in [0, 0.05) is 6.61 Å². The van der Waals surface area contributed by atoms with Crippen molar-refractivity contribution in [2.75, 3.05) is 11.9 Å². The molecule has 1 aliphatic heterocycles. The van der Waals surface area contributed by atoms with Gasteiger partial charge < -0.3 is 10.1 Å². The predicted octanol–water partition coefficient (Wildman–Crippen LogP) is 2.54. The van der Waals surface area contributed by atoms with Crippen molar-refractivity contribution in [3.8, 4) is 6.07 Å². The van der Waals surface area contributed by atoms with Crippen LogP contribution >= 0.6 is 0 Å². The third-order valence-electron chi connectivity index (χ3n) is 3.35. The van der Waals surface area contributed by atoms with Gasteiger partial charge in [0.2, 0.25) is 0 Å². The molecule has 2 unspecified atom stereocenters. The van der Waals surface area contributed by atoms with Crippen LogP contribution in [0.5, 0.6) is 0 Å². The molecule has 84 valence electrons. The van der Waals surface area contributed by atoms with Crippen molar-refractivity contribution in [1.82, 2.24) is 0 Å². The lowest BCUT2D eigenvalue weighted by molar-refractivity contribution is 0.105. The number of nitriles is 1. The Kier molecular flexibility index (Phi) is 2.84. The van der Waals surface area contributed by atoms with Gasteiger partial charge in [-0.05, 0) is 32.4 Å². The molecule has 1 fully saturated rings. The predicted molar refractivity (Wildman–Crippen MR) is 63.2 cm³/mol. The zero-order valence-corrected chi connectivity index (χ0v) is 9.66. The Morgan fingerprint density at radius 3 is 2.88 bits per heavy atom. The highest BCUT2D eigenvalue weighted by molar-refractivity contribution is 5.58. The third kappa shape index (κ3) is 1.89. The summed E-state index contributed by atoms with van der Waals surface area (Å²) in [6, 6.07) is 9.78. The minimum atomic E-state index is -0.0764. The summed E-state index contributed by atoms with van der Waals surface area (Å²) in [6.07, 6.45) is 1.13. The van der Waals surface area contributed by atoms with Crippen molar-refractivity contribution in [2.24, 2.45) is 0 Å². The molecule has 0 aliphatic carbocycles. The zero-order chi connectivity index (χ0) is 11.6. The molecule has 1 aromatic rings. The van der Waals surface area contributed by atoms with Crippen LogP contribution in [0.15, 0.2) is 24.3 Å². The van der Waals surface area contributed by atoms with E-state index in [0.717, 1.165) is 18.7 Å². The van der Waals surface area contributed by atoms with E-state index < -0.39 is 0 Å². The van der Waals surface area contributed by atoms with E-state index in [9.17, 15) is 0 Å². The average molecular weight is 216 g/mol.